The Morgan fingerprint density at radius 2 is 2.11 bits per heavy atom. The van der Waals surface area contributed by atoms with Crippen LogP contribution in [0.2, 0.25) is 0 Å². The molecule has 1 aliphatic rings. The van der Waals surface area contributed by atoms with Crippen molar-refractivity contribution in [3.63, 3.8) is 0 Å². The van der Waals surface area contributed by atoms with Gasteiger partial charge in [0.2, 0.25) is 5.96 Å². The first kappa shape index (κ1) is 8.52. The first-order valence-corrected chi connectivity index (χ1v) is 2.58. The van der Waals surface area contributed by atoms with Crippen molar-refractivity contribution in [3.8, 4) is 0 Å². The fraction of sp³-hybridized carbons (Fsp3) is 0.750. The van der Waals surface area contributed by atoms with Gasteiger partial charge in [-0.05, 0) is 12.8 Å². The number of hydrogen-bond acceptors (Lipinski definition) is 2. The number of rotatable bonds is 1. The van der Waals surface area contributed by atoms with Gasteiger partial charge in [-0.1, -0.05) is 0 Å². The lowest BCUT2D eigenvalue weighted by Gasteiger charge is -2.00. The van der Waals surface area contributed by atoms with Crippen LogP contribution < -0.4 is 10.8 Å². The summed E-state index contributed by atoms with van der Waals surface area (Å²) in [6.07, 6.45) is 2.23. The zero-order chi connectivity index (χ0) is 5.98. The molecule has 0 radical (unpaired) electrons. The van der Waals surface area contributed by atoms with Gasteiger partial charge in [0.25, 0.3) is 0 Å². The maximum atomic E-state index is 8.07. The highest BCUT2D eigenvalue weighted by atomic mass is 35.5. The number of guanidine groups is 1. The van der Waals surface area contributed by atoms with E-state index in [2.05, 4.69) is 5.32 Å². The molecule has 0 aromatic heterocycles. The van der Waals surface area contributed by atoms with Gasteiger partial charge in [0, 0.05) is 6.04 Å². The highest BCUT2D eigenvalue weighted by molar-refractivity contribution is 5.85. The number of nitrogens with one attached hydrogen (secondary N) is 3. The molecule has 0 aromatic rings. The molecule has 5 heteroatoms. The Bertz CT molecular complexity index is 104. The van der Waals surface area contributed by atoms with Crippen LogP contribution in [0.3, 0.4) is 0 Å². The van der Waals surface area contributed by atoms with Gasteiger partial charge in [0.1, 0.15) is 0 Å². The molecule has 0 unspecified atom stereocenters. The Morgan fingerprint density at radius 3 is 2.44 bits per heavy atom. The normalized spacial score (nSPS) is 15.7. The van der Waals surface area contributed by atoms with Crippen LogP contribution in [0.4, 0.5) is 0 Å². The summed E-state index contributed by atoms with van der Waals surface area (Å²) in [5.74, 6) is -0.00694. The van der Waals surface area contributed by atoms with Crippen molar-refractivity contribution in [3.05, 3.63) is 0 Å². The maximum Gasteiger partial charge on any atom is 0.212 e. The molecule has 0 spiro atoms. The quantitative estimate of drug-likeness (QED) is 0.244. The van der Waals surface area contributed by atoms with Crippen molar-refractivity contribution in [2.75, 3.05) is 0 Å². The lowest BCUT2D eigenvalue weighted by atomic mass is 10.7. The topological polar surface area (TPSA) is 68.1 Å². The van der Waals surface area contributed by atoms with Crippen molar-refractivity contribution in [2.45, 2.75) is 18.9 Å². The van der Waals surface area contributed by atoms with Crippen LogP contribution in [0.15, 0.2) is 0 Å². The van der Waals surface area contributed by atoms with E-state index >= 15 is 0 Å². The molecule has 0 aromatic carbocycles. The van der Waals surface area contributed by atoms with Gasteiger partial charge in [-0.2, -0.15) is 0 Å². The Hall–Kier alpha value is -0.480. The zero-order valence-electron chi connectivity index (χ0n) is 4.85. The van der Waals surface area contributed by atoms with E-state index < -0.39 is 0 Å². The van der Waals surface area contributed by atoms with Gasteiger partial charge in [0.15, 0.2) is 0 Å². The van der Waals surface area contributed by atoms with Gasteiger partial charge < -0.3 is 5.32 Å². The van der Waals surface area contributed by atoms with E-state index in [4.69, 9.17) is 10.6 Å². The van der Waals surface area contributed by atoms with Gasteiger partial charge in [0.05, 0.1) is 0 Å². The molecule has 0 amide bonds. The highest BCUT2D eigenvalue weighted by Gasteiger charge is 2.21. The minimum Gasteiger partial charge on any atom is -0.352 e. The molecule has 4 N–H and O–H groups in total. The van der Waals surface area contributed by atoms with E-state index in [9.17, 15) is 0 Å². The average Bonchev–Trinajstić information content (AvgIpc) is 2.50. The van der Waals surface area contributed by atoms with E-state index in [1.807, 2.05) is 0 Å². The van der Waals surface area contributed by atoms with Crippen molar-refractivity contribution in [1.82, 2.24) is 10.8 Å². The molecule has 1 aliphatic carbocycles. The Morgan fingerprint density at radius 1 is 1.56 bits per heavy atom. The molecular formula is C4H10ClN3O. The minimum atomic E-state index is -0.00694. The monoisotopic (exact) mass is 151 g/mol. The van der Waals surface area contributed by atoms with Crippen molar-refractivity contribution < 1.29 is 5.21 Å². The Balaban J connectivity index is 0.000000640. The van der Waals surface area contributed by atoms with Crippen LogP contribution in [0.5, 0.6) is 0 Å². The largest absolute Gasteiger partial charge is 0.352 e. The number of halogens is 1. The molecule has 0 bridgehead atoms. The molecule has 0 aliphatic heterocycles. The van der Waals surface area contributed by atoms with Gasteiger partial charge in [-0.25, -0.2) is 5.48 Å². The first-order valence-electron chi connectivity index (χ1n) is 2.58. The molecule has 4 nitrogen and oxygen atoms in total. The predicted molar refractivity (Wildman–Crippen MR) is 36.1 cm³/mol. The first-order chi connectivity index (χ1) is 3.83. The molecule has 1 fully saturated rings. The maximum absolute atomic E-state index is 8.07. The van der Waals surface area contributed by atoms with E-state index in [-0.39, 0.29) is 18.4 Å². The standard InChI is InChI=1S/C4H9N3O.ClH/c5-4(7-8)6-3-1-2-3;/h3,8H,1-2H2,(H3,5,6,7);1H. The third kappa shape index (κ3) is 3.16. The molecule has 9 heavy (non-hydrogen) atoms. The van der Waals surface area contributed by atoms with Crippen molar-refractivity contribution >= 4 is 18.4 Å². The number of hydrogen-bond donors (Lipinski definition) is 4. The average molecular weight is 152 g/mol. The summed E-state index contributed by atoms with van der Waals surface area (Å²) in [5, 5.41) is 17.6. The fourth-order valence-corrected chi connectivity index (χ4v) is 0.464. The van der Waals surface area contributed by atoms with Crippen LogP contribution in [-0.4, -0.2) is 17.2 Å². The molecular weight excluding hydrogens is 142 g/mol. The van der Waals surface area contributed by atoms with Crippen LogP contribution in [-0.2, 0) is 0 Å². The summed E-state index contributed by atoms with van der Waals surface area (Å²) < 4.78 is 0. The summed E-state index contributed by atoms with van der Waals surface area (Å²) in [5.41, 5.74) is 1.71. The second kappa shape index (κ2) is 3.53. The van der Waals surface area contributed by atoms with E-state index in [0.29, 0.717) is 6.04 Å². The molecule has 54 valence electrons. The lowest BCUT2D eigenvalue weighted by molar-refractivity contribution is 0.228. The van der Waals surface area contributed by atoms with Crippen LogP contribution in [0, 0.1) is 5.41 Å². The lowest BCUT2D eigenvalue weighted by Crippen LogP contribution is -2.35. The highest BCUT2D eigenvalue weighted by Crippen LogP contribution is 2.17. The third-order valence-corrected chi connectivity index (χ3v) is 1.04. The van der Waals surface area contributed by atoms with Crippen molar-refractivity contribution in [1.29, 1.82) is 5.41 Å². The predicted octanol–water partition coefficient (Wildman–Crippen LogP) is 0.0738. The van der Waals surface area contributed by atoms with Crippen LogP contribution >= 0.6 is 12.4 Å². The summed E-state index contributed by atoms with van der Waals surface area (Å²) >= 11 is 0. The fourth-order valence-electron chi connectivity index (χ4n) is 0.464. The SMILES string of the molecule is Cl.N=C(NO)NC1CC1. The minimum absolute atomic E-state index is 0. The van der Waals surface area contributed by atoms with E-state index in [1.165, 1.54) is 0 Å². The molecule has 0 heterocycles. The Labute approximate surface area is 59.5 Å². The van der Waals surface area contributed by atoms with Gasteiger partial charge >= 0.3 is 0 Å². The van der Waals surface area contributed by atoms with E-state index in [0.717, 1.165) is 12.8 Å². The second-order valence-electron chi connectivity index (χ2n) is 1.91. The second-order valence-corrected chi connectivity index (χ2v) is 1.91. The summed E-state index contributed by atoms with van der Waals surface area (Å²) in [7, 11) is 0. The molecule has 0 saturated heterocycles. The van der Waals surface area contributed by atoms with Crippen molar-refractivity contribution in [2.24, 2.45) is 0 Å². The summed E-state index contributed by atoms with van der Waals surface area (Å²) in [4.78, 5) is 0. The molecule has 0 atom stereocenters. The molecule has 1 saturated carbocycles. The third-order valence-electron chi connectivity index (χ3n) is 1.04. The van der Waals surface area contributed by atoms with Crippen LogP contribution in [0.25, 0.3) is 0 Å². The van der Waals surface area contributed by atoms with E-state index in [1.54, 1.807) is 5.48 Å². The number of hydroxylamine groups is 1. The smallest absolute Gasteiger partial charge is 0.212 e. The zero-order valence-corrected chi connectivity index (χ0v) is 5.66. The molecule has 1 rings (SSSR count). The summed E-state index contributed by atoms with van der Waals surface area (Å²) in [6, 6.07) is 0.433. The van der Waals surface area contributed by atoms with Gasteiger partial charge in [-0.3, -0.25) is 10.6 Å². The Kier molecular flexibility index (Phi) is 3.34. The summed E-state index contributed by atoms with van der Waals surface area (Å²) in [6.45, 7) is 0. The van der Waals surface area contributed by atoms with Crippen LogP contribution in [0.1, 0.15) is 12.8 Å². The van der Waals surface area contributed by atoms with Gasteiger partial charge in [-0.15, -0.1) is 12.4 Å².